The van der Waals surface area contributed by atoms with Crippen LogP contribution in [-0.2, 0) is 11.3 Å². The average molecular weight is 219 g/mol. The molecule has 4 heteroatoms. The van der Waals surface area contributed by atoms with Crippen molar-refractivity contribution < 1.29 is 4.79 Å². The third-order valence-electron chi connectivity index (χ3n) is 3.34. The number of carbonyl (C=O) groups excluding carboxylic acids is 1. The normalized spacial score (nSPS) is 18.0. The van der Waals surface area contributed by atoms with Gasteiger partial charge in [0, 0.05) is 13.6 Å². The van der Waals surface area contributed by atoms with Crippen molar-refractivity contribution in [3.8, 4) is 0 Å². The highest BCUT2D eigenvalue weighted by molar-refractivity contribution is 6.06. The van der Waals surface area contributed by atoms with E-state index in [9.17, 15) is 4.79 Å². The van der Waals surface area contributed by atoms with Gasteiger partial charge < -0.3 is 16.0 Å². The molecule has 86 valence electrons. The van der Waals surface area contributed by atoms with Gasteiger partial charge in [-0.05, 0) is 25.5 Å². The van der Waals surface area contributed by atoms with E-state index in [0.29, 0.717) is 6.54 Å². The van der Waals surface area contributed by atoms with Crippen LogP contribution in [0.5, 0.6) is 0 Å². The smallest absolute Gasteiger partial charge is 0.249 e. The number of likely N-dealkylation sites (N-methyl/N-ethyl adjacent to an activating group) is 1. The second kappa shape index (κ2) is 3.49. The Morgan fingerprint density at radius 3 is 2.75 bits per heavy atom. The number of fused-ring (bicyclic) bond motifs is 1. The van der Waals surface area contributed by atoms with Crippen LogP contribution < -0.4 is 16.0 Å². The Kier molecular flexibility index (Phi) is 2.39. The third-order valence-corrected chi connectivity index (χ3v) is 3.34. The van der Waals surface area contributed by atoms with Crippen molar-refractivity contribution in [1.82, 2.24) is 0 Å². The minimum absolute atomic E-state index is 0.00315. The number of rotatable bonds is 1. The Morgan fingerprint density at radius 1 is 1.44 bits per heavy atom. The predicted molar refractivity (Wildman–Crippen MR) is 65.4 cm³/mol. The number of hydrogen-bond donors (Lipinski definition) is 2. The molecule has 0 unspecified atom stereocenters. The molecular formula is C12H17N3O. The summed E-state index contributed by atoms with van der Waals surface area (Å²) in [7, 11) is 1.93. The maximum absolute atomic E-state index is 12.0. The lowest BCUT2D eigenvalue weighted by atomic mass is 9.96. The molecule has 1 heterocycles. The minimum Gasteiger partial charge on any atom is -0.359 e. The Balaban J connectivity index is 2.59. The van der Waals surface area contributed by atoms with E-state index >= 15 is 0 Å². The zero-order chi connectivity index (χ0) is 11.9. The molecule has 16 heavy (non-hydrogen) atoms. The van der Waals surface area contributed by atoms with E-state index in [2.05, 4.69) is 5.32 Å². The molecule has 1 aliphatic heterocycles. The molecular weight excluding hydrogens is 202 g/mol. The summed E-state index contributed by atoms with van der Waals surface area (Å²) >= 11 is 0. The van der Waals surface area contributed by atoms with Crippen molar-refractivity contribution in [1.29, 1.82) is 0 Å². The Morgan fingerprint density at radius 2 is 2.12 bits per heavy atom. The molecule has 0 aromatic heterocycles. The number of benzene rings is 1. The monoisotopic (exact) mass is 219 g/mol. The van der Waals surface area contributed by atoms with Crippen molar-refractivity contribution in [2.45, 2.75) is 25.9 Å². The molecule has 0 atom stereocenters. The summed E-state index contributed by atoms with van der Waals surface area (Å²) in [4.78, 5) is 13.9. The first kappa shape index (κ1) is 11.0. The van der Waals surface area contributed by atoms with Crippen molar-refractivity contribution in [2.24, 2.45) is 5.73 Å². The summed E-state index contributed by atoms with van der Waals surface area (Å²) in [5.74, 6) is 0.00315. The molecule has 0 saturated carbocycles. The molecule has 0 saturated heterocycles. The Bertz CT molecular complexity index is 440. The predicted octanol–water partition coefficient (Wildman–Crippen LogP) is 1.31. The van der Waals surface area contributed by atoms with Crippen molar-refractivity contribution >= 4 is 17.3 Å². The summed E-state index contributed by atoms with van der Waals surface area (Å²) in [5, 5.41) is 2.94. The molecule has 1 aromatic rings. The van der Waals surface area contributed by atoms with Crippen LogP contribution in [0, 0.1) is 0 Å². The first-order chi connectivity index (χ1) is 7.48. The van der Waals surface area contributed by atoms with E-state index in [-0.39, 0.29) is 5.91 Å². The van der Waals surface area contributed by atoms with Crippen LogP contribution >= 0.6 is 0 Å². The maximum Gasteiger partial charge on any atom is 0.249 e. The SMILES string of the molecule is CN1c2cccc(CN)c2NC(=O)C1(C)C. The maximum atomic E-state index is 12.0. The van der Waals surface area contributed by atoms with E-state index < -0.39 is 5.54 Å². The van der Waals surface area contributed by atoms with Crippen LogP contribution in [0.4, 0.5) is 11.4 Å². The van der Waals surface area contributed by atoms with Gasteiger partial charge in [0.1, 0.15) is 5.54 Å². The van der Waals surface area contributed by atoms with Crippen LogP contribution in [0.1, 0.15) is 19.4 Å². The summed E-state index contributed by atoms with van der Waals surface area (Å²) in [6.07, 6.45) is 0. The molecule has 0 spiro atoms. The standard InChI is InChI=1S/C12H17N3O/c1-12(2)11(16)14-10-8(7-13)5-4-6-9(10)15(12)3/h4-6H,7,13H2,1-3H3,(H,14,16). The second-order valence-electron chi connectivity index (χ2n) is 4.59. The van der Waals surface area contributed by atoms with Gasteiger partial charge in [-0.2, -0.15) is 0 Å². The van der Waals surface area contributed by atoms with Gasteiger partial charge in [0.2, 0.25) is 5.91 Å². The number of para-hydroxylation sites is 1. The highest BCUT2D eigenvalue weighted by Crippen LogP contribution is 2.37. The van der Waals surface area contributed by atoms with E-state index in [1.165, 1.54) is 0 Å². The lowest BCUT2D eigenvalue weighted by Crippen LogP contribution is -2.54. The van der Waals surface area contributed by atoms with Crippen LogP contribution in [0.2, 0.25) is 0 Å². The van der Waals surface area contributed by atoms with Gasteiger partial charge in [0.05, 0.1) is 11.4 Å². The average Bonchev–Trinajstić information content (AvgIpc) is 2.26. The number of nitrogens with one attached hydrogen (secondary N) is 1. The number of carbonyl (C=O) groups is 1. The van der Waals surface area contributed by atoms with Gasteiger partial charge in [-0.3, -0.25) is 4.79 Å². The van der Waals surface area contributed by atoms with E-state index in [1.807, 2.05) is 44.0 Å². The van der Waals surface area contributed by atoms with Gasteiger partial charge in [-0.15, -0.1) is 0 Å². The van der Waals surface area contributed by atoms with Gasteiger partial charge in [0.25, 0.3) is 0 Å². The fourth-order valence-corrected chi connectivity index (χ4v) is 1.90. The highest BCUT2D eigenvalue weighted by atomic mass is 16.2. The summed E-state index contributed by atoms with van der Waals surface area (Å²) in [6.45, 7) is 4.23. The largest absolute Gasteiger partial charge is 0.359 e. The Hall–Kier alpha value is -1.55. The van der Waals surface area contributed by atoms with Crippen molar-refractivity contribution in [3.05, 3.63) is 23.8 Å². The first-order valence-electron chi connectivity index (χ1n) is 5.35. The molecule has 3 N–H and O–H groups in total. The van der Waals surface area contributed by atoms with Gasteiger partial charge >= 0.3 is 0 Å². The molecule has 1 amide bonds. The Labute approximate surface area is 95.4 Å². The molecule has 0 aliphatic carbocycles. The molecule has 2 rings (SSSR count). The number of amides is 1. The molecule has 0 radical (unpaired) electrons. The number of anilines is 2. The number of nitrogens with zero attached hydrogens (tertiary/aromatic N) is 1. The molecule has 4 nitrogen and oxygen atoms in total. The quantitative estimate of drug-likeness (QED) is 0.748. The van der Waals surface area contributed by atoms with Gasteiger partial charge in [0.15, 0.2) is 0 Å². The molecule has 0 bridgehead atoms. The van der Waals surface area contributed by atoms with Crippen LogP contribution in [-0.4, -0.2) is 18.5 Å². The molecule has 1 aliphatic rings. The van der Waals surface area contributed by atoms with Gasteiger partial charge in [-0.1, -0.05) is 12.1 Å². The summed E-state index contributed by atoms with van der Waals surface area (Å²) in [6, 6.07) is 5.89. The fourth-order valence-electron chi connectivity index (χ4n) is 1.90. The van der Waals surface area contributed by atoms with Crippen LogP contribution in [0.15, 0.2) is 18.2 Å². The van der Waals surface area contributed by atoms with Crippen LogP contribution in [0.25, 0.3) is 0 Å². The molecule has 1 aromatic carbocycles. The third kappa shape index (κ3) is 1.38. The lowest BCUT2D eigenvalue weighted by Gasteiger charge is -2.41. The fraction of sp³-hybridized carbons (Fsp3) is 0.417. The van der Waals surface area contributed by atoms with Crippen LogP contribution in [0.3, 0.4) is 0 Å². The van der Waals surface area contributed by atoms with Gasteiger partial charge in [-0.25, -0.2) is 0 Å². The van der Waals surface area contributed by atoms with E-state index in [1.54, 1.807) is 0 Å². The highest BCUT2D eigenvalue weighted by Gasteiger charge is 2.38. The minimum atomic E-state index is -0.528. The molecule has 0 fully saturated rings. The topological polar surface area (TPSA) is 58.4 Å². The summed E-state index contributed by atoms with van der Waals surface area (Å²) in [5.41, 5.74) is 7.97. The van der Waals surface area contributed by atoms with E-state index in [4.69, 9.17) is 5.73 Å². The second-order valence-corrected chi connectivity index (χ2v) is 4.59. The zero-order valence-corrected chi connectivity index (χ0v) is 9.87. The van der Waals surface area contributed by atoms with Crippen molar-refractivity contribution in [3.63, 3.8) is 0 Å². The van der Waals surface area contributed by atoms with Crippen molar-refractivity contribution in [2.75, 3.05) is 17.3 Å². The number of hydrogen-bond acceptors (Lipinski definition) is 3. The zero-order valence-electron chi connectivity index (χ0n) is 9.87. The number of nitrogens with two attached hydrogens (primary N) is 1. The van der Waals surface area contributed by atoms with E-state index in [0.717, 1.165) is 16.9 Å². The first-order valence-corrected chi connectivity index (χ1v) is 5.35. The lowest BCUT2D eigenvalue weighted by molar-refractivity contribution is -0.120. The summed E-state index contributed by atoms with van der Waals surface area (Å²) < 4.78 is 0.